The van der Waals surface area contributed by atoms with Crippen LogP contribution >= 0.6 is 11.8 Å². The summed E-state index contributed by atoms with van der Waals surface area (Å²) < 4.78 is 5.54. The summed E-state index contributed by atoms with van der Waals surface area (Å²) in [6.45, 7) is 4.15. The van der Waals surface area contributed by atoms with Crippen LogP contribution in [0, 0.1) is 0 Å². The van der Waals surface area contributed by atoms with Gasteiger partial charge in [0.05, 0.1) is 12.8 Å². The molecule has 19 heavy (non-hydrogen) atoms. The van der Waals surface area contributed by atoms with Crippen LogP contribution in [0.1, 0.15) is 13.8 Å². The SMILES string of the molecule is CCOc1cnc(S[C@H](C)C(=O)O)c2ccccc12. The first-order chi connectivity index (χ1) is 9.13. The lowest BCUT2D eigenvalue weighted by molar-refractivity contribution is -0.136. The molecule has 1 aromatic heterocycles. The topological polar surface area (TPSA) is 59.4 Å². The van der Waals surface area contributed by atoms with Gasteiger partial charge in [0.25, 0.3) is 0 Å². The van der Waals surface area contributed by atoms with Gasteiger partial charge < -0.3 is 9.84 Å². The van der Waals surface area contributed by atoms with Gasteiger partial charge in [0.1, 0.15) is 16.0 Å². The maximum atomic E-state index is 10.9. The van der Waals surface area contributed by atoms with E-state index in [0.29, 0.717) is 11.6 Å². The average Bonchev–Trinajstić information content (AvgIpc) is 2.41. The second-order valence-electron chi connectivity index (χ2n) is 4.00. The lowest BCUT2D eigenvalue weighted by Crippen LogP contribution is -2.11. The number of carboxylic acid groups (broad SMARTS) is 1. The zero-order valence-corrected chi connectivity index (χ0v) is 11.6. The van der Waals surface area contributed by atoms with Crippen LogP contribution in [0.2, 0.25) is 0 Å². The van der Waals surface area contributed by atoms with Crippen molar-refractivity contribution in [1.29, 1.82) is 0 Å². The molecule has 1 N–H and O–H groups in total. The van der Waals surface area contributed by atoms with Gasteiger partial charge in [0.15, 0.2) is 0 Å². The number of thioether (sulfide) groups is 1. The molecule has 2 aromatic rings. The van der Waals surface area contributed by atoms with E-state index in [1.54, 1.807) is 13.1 Å². The molecule has 5 heteroatoms. The monoisotopic (exact) mass is 277 g/mol. The largest absolute Gasteiger partial charge is 0.492 e. The van der Waals surface area contributed by atoms with Crippen LogP contribution in [0.3, 0.4) is 0 Å². The fourth-order valence-electron chi connectivity index (χ4n) is 1.72. The summed E-state index contributed by atoms with van der Waals surface area (Å²) in [6.07, 6.45) is 1.66. The van der Waals surface area contributed by atoms with Crippen LogP contribution in [0.25, 0.3) is 10.8 Å². The molecule has 0 saturated carbocycles. The molecule has 0 fully saturated rings. The number of rotatable bonds is 5. The summed E-state index contributed by atoms with van der Waals surface area (Å²) in [4.78, 5) is 15.3. The third kappa shape index (κ3) is 2.98. The molecule has 0 aliphatic rings. The van der Waals surface area contributed by atoms with Gasteiger partial charge in [-0.15, -0.1) is 0 Å². The Morgan fingerprint density at radius 1 is 1.42 bits per heavy atom. The molecular weight excluding hydrogens is 262 g/mol. The van der Waals surface area contributed by atoms with Gasteiger partial charge in [-0.25, -0.2) is 4.98 Å². The second-order valence-corrected chi connectivity index (χ2v) is 5.33. The minimum atomic E-state index is -0.843. The van der Waals surface area contributed by atoms with Gasteiger partial charge in [0.2, 0.25) is 0 Å². The predicted octanol–water partition coefficient (Wildman–Crippen LogP) is 3.20. The van der Waals surface area contributed by atoms with Crippen molar-refractivity contribution in [2.45, 2.75) is 24.1 Å². The molecule has 0 spiro atoms. The number of carbonyl (C=O) groups is 1. The van der Waals surface area contributed by atoms with Gasteiger partial charge >= 0.3 is 5.97 Å². The molecule has 0 unspecified atom stereocenters. The number of carboxylic acids is 1. The number of aliphatic carboxylic acids is 1. The molecule has 1 aromatic carbocycles. The van der Waals surface area contributed by atoms with Gasteiger partial charge in [0, 0.05) is 10.8 Å². The number of ether oxygens (including phenoxy) is 1. The van der Waals surface area contributed by atoms with Gasteiger partial charge in [-0.1, -0.05) is 36.0 Å². The second kappa shape index (κ2) is 5.93. The van der Waals surface area contributed by atoms with E-state index >= 15 is 0 Å². The van der Waals surface area contributed by atoms with E-state index in [0.717, 1.165) is 16.5 Å². The summed E-state index contributed by atoms with van der Waals surface area (Å²) in [5.74, 6) is -0.116. The molecular formula is C14H15NO3S. The van der Waals surface area contributed by atoms with E-state index < -0.39 is 11.2 Å². The fourth-order valence-corrected chi connectivity index (χ4v) is 2.58. The van der Waals surface area contributed by atoms with Crippen molar-refractivity contribution in [3.8, 4) is 5.75 Å². The Morgan fingerprint density at radius 3 is 2.74 bits per heavy atom. The van der Waals surface area contributed by atoms with E-state index in [9.17, 15) is 4.79 Å². The molecule has 1 atom stereocenters. The van der Waals surface area contributed by atoms with Crippen LogP contribution in [0.4, 0.5) is 0 Å². The Kier molecular flexibility index (Phi) is 4.27. The smallest absolute Gasteiger partial charge is 0.316 e. The normalized spacial score (nSPS) is 12.3. The fraction of sp³-hybridized carbons (Fsp3) is 0.286. The molecule has 0 aliphatic carbocycles. The van der Waals surface area contributed by atoms with Crippen molar-refractivity contribution in [2.24, 2.45) is 0 Å². The first kappa shape index (κ1) is 13.7. The molecule has 1 heterocycles. The molecule has 0 radical (unpaired) electrons. The number of pyridine rings is 1. The molecule has 0 amide bonds. The summed E-state index contributed by atoms with van der Waals surface area (Å²) in [5.41, 5.74) is 0. The molecule has 0 aliphatic heterocycles. The predicted molar refractivity (Wildman–Crippen MR) is 75.9 cm³/mol. The number of hydrogen-bond acceptors (Lipinski definition) is 4. The van der Waals surface area contributed by atoms with E-state index in [1.165, 1.54) is 11.8 Å². The van der Waals surface area contributed by atoms with Crippen molar-refractivity contribution >= 4 is 28.5 Å². The molecule has 2 rings (SSSR count). The third-order valence-electron chi connectivity index (χ3n) is 2.66. The Labute approximate surface area is 115 Å². The minimum Gasteiger partial charge on any atom is -0.492 e. The Hall–Kier alpha value is -1.75. The highest BCUT2D eigenvalue weighted by Gasteiger charge is 2.16. The van der Waals surface area contributed by atoms with E-state index in [1.807, 2.05) is 31.2 Å². The number of benzene rings is 1. The number of fused-ring (bicyclic) bond motifs is 1. The number of hydrogen-bond donors (Lipinski definition) is 1. The quantitative estimate of drug-likeness (QED) is 0.850. The van der Waals surface area contributed by atoms with Gasteiger partial charge in [-0.05, 0) is 13.8 Å². The highest BCUT2D eigenvalue weighted by Crippen LogP contribution is 2.33. The highest BCUT2D eigenvalue weighted by molar-refractivity contribution is 8.00. The van der Waals surface area contributed by atoms with Gasteiger partial charge in [-0.3, -0.25) is 4.79 Å². The number of nitrogens with zero attached hydrogens (tertiary/aromatic N) is 1. The van der Waals surface area contributed by atoms with E-state index in [2.05, 4.69) is 4.98 Å². The Balaban J connectivity index is 2.46. The molecule has 0 bridgehead atoms. The minimum absolute atomic E-state index is 0.533. The summed E-state index contributed by atoms with van der Waals surface area (Å²) in [5, 5.41) is 11.0. The van der Waals surface area contributed by atoms with Crippen molar-refractivity contribution in [2.75, 3.05) is 6.61 Å². The van der Waals surface area contributed by atoms with Crippen molar-refractivity contribution < 1.29 is 14.6 Å². The Morgan fingerprint density at radius 2 is 2.11 bits per heavy atom. The van der Waals surface area contributed by atoms with E-state index in [4.69, 9.17) is 9.84 Å². The van der Waals surface area contributed by atoms with Crippen LogP contribution in [0.15, 0.2) is 35.5 Å². The zero-order chi connectivity index (χ0) is 13.8. The maximum absolute atomic E-state index is 10.9. The third-order valence-corrected chi connectivity index (χ3v) is 3.76. The number of aromatic nitrogens is 1. The lowest BCUT2D eigenvalue weighted by atomic mass is 10.2. The first-order valence-corrected chi connectivity index (χ1v) is 6.91. The lowest BCUT2D eigenvalue weighted by Gasteiger charge is -2.11. The van der Waals surface area contributed by atoms with Crippen molar-refractivity contribution in [1.82, 2.24) is 4.98 Å². The standard InChI is InChI=1S/C14H15NO3S/c1-3-18-12-8-15-13(19-9(2)14(16)17)11-7-5-4-6-10(11)12/h4-9H,3H2,1-2H3,(H,16,17)/t9-/m1/s1. The molecule has 100 valence electrons. The Bertz CT molecular complexity index is 600. The van der Waals surface area contributed by atoms with Crippen LogP contribution in [-0.2, 0) is 4.79 Å². The summed E-state index contributed by atoms with van der Waals surface area (Å²) in [7, 11) is 0. The van der Waals surface area contributed by atoms with Crippen molar-refractivity contribution in [3.63, 3.8) is 0 Å². The highest BCUT2D eigenvalue weighted by atomic mass is 32.2. The van der Waals surface area contributed by atoms with Crippen LogP contribution in [-0.4, -0.2) is 27.9 Å². The maximum Gasteiger partial charge on any atom is 0.316 e. The first-order valence-electron chi connectivity index (χ1n) is 6.03. The molecule has 0 saturated heterocycles. The zero-order valence-electron chi connectivity index (χ0n) is 10.8. The van der Waals surface area contributed by atoms with Gasteiger partial charge in [-0.2, -0.15) is 0 Å². The average molecular weight is 277 g/mol. The molecule has 4 nitrogen and oxygen atoms in total. The van der Waals surface area contributed by atoms with E-state index in [-0.39, 0.29) is 0 Å². The summed E-state index contributed by atoms with van der Waals surface area (Å²) >= 11 is 1.24. The van der Waals surface area contributed by atoms with Crippen molar-refractivity contribution in [3.05, 3.63) is 30.5 Å². The summed E-state index contributed by atoms with van der Waals surface area (Å²) in [6, 6.07) is 7.73. The van der Waals surface area contributed by atoms with Crippen LogP contribution < -0.4 is 4.74 Å². The van der Waals surface area contributed by atoms with Crippen LogP contribution in [0.5, 0.6) is 5.75 Å².